The van der Waals surface area contributed by atoms with E-state index in [0.717, 1.165) is 0 Å². The number of hydrogen-bond acceptors (Lipinski definition) is 2. The summed E-state index contributed by atoms with van der Waals surface area (Å²) in [4.78, 5) is 0. The predicted molar refractivity (Wildman–Crippen MR) is 48.1 cm³/mol. The van der Waals surface area contributed by atoms with E-state index >= 15 is 0 Å². The van der Waals surface area contributed by atoms with Crippen molar-refractivity contribution in [2.45, 2.75) is 6.04 Å². The van der Waals surface area contributed by atoms with Crippen molar-refractivity contribution in [3.8, 4) is 0 Å². The highest BCUT2D eigenvalue weighted by Crippen LogP contribution is 2.18. The fraction of sp³-hybridized carbons (Fsp3) is 0.143. The Labute approximate surface area is 76.4 Å². The van der Waals surface area contributed by atoms with Gasteiger partial charge in [-0.1, -0.05) is 6.08 Å². The minimum absolute atomic E-state index is 0. The summed E-state index contributed by atoms with van der Waals surface area (Å²) in [6.07, 6.45) is 1.59. The molecule has 0 aliphatic rings. The summed E-state index contributed by atoms with van der Waals surface area (Å²) in [6.45, 7) is 3.52. The Morgan fingerprint density at radius 2 is 2.27 bits per heavy atom. The molecule has 0 aliphatic carbocycles. The Kier molecular flexibility index (Phi) is 4.26. The minimum Gasteiger partial charge on any atom is -0.448 e. The second-order valence-electron chi connectivity index (χ2n) is 1.90. The summed E-state index contributed by atoms with van der Waals surface area (Å²) < 4.78 is 5.01. The third-order valence-corrected chi connectivity index (χ3v) is 1.38. The third kappa shape index (κ3) is 2.58. The predicted octanol–water partition coefficient (Wildman–Crippen LogP) is 2.54. The molecule has 1 aromatic heterocycles. The van der Waals surface area contributed by atoms with Crippen LogP contribution in [0.4, 0.5) is 0 Å². The van der Waals surface area contributed by atoms with Crippen molar-refractivity contribution in [1.29, 1.82) is 0 Å². The molecule has 11 heavy (non-hydrogen) atoms. The van der Waals surface area contributed by atoms with E-state index in [1.807, 2.05) is 0 Å². The van der Waals surface area contributed by atoms with Crippen molar-refractivity contribution in [3.05, 3.63) is 35.8 Å². The van der Waals surface area contributed by atoms with Crippen molar-refractivity contribution < 1.29 is 4.42 Å². The molecule has 4 heteroatoms. The second-order valence-corrected chi connectivity index (χ2v) is 2.28. The zero-order valence-corrected chi connectivity index (χ0v) is 7.36. The number of hydrogen-bond donors (Lipinski definition) is 1. The van der Waals surface area contributed by atoms with Gasteiger partial charge in [0.15, 0.2) is 5.22 Å². The maximum absolute atomic E-state index is 5.54. The van der Waals surface area contributed by atoms with Crippen LogP contribution in [0.25, 0.3) is 0 Å². The molecule has 1 aromatic rings. The molecule has 62 valence electrons. The zero-order valence-electron chi connectivity index (χ0n) is 5.79. The van der Waals surface area contributed by atoms with Gasteiger partial charge in [0, 0.05) is 0 Å². The standard InChI is InChI=1S/C7H8ClNO.ClH/c1-2-5(9)6-3-4-7(8)10-6;/h2-5H,1,9H2;1H/t5-;/m0./s1. The van der Waals surface area contributed by atoms with Gasteiger partial charge in [0.2, 0.25) is 0 Å². The van der Waals surface area contributed by atoms with Crippen molar-refractivity contribution in [1.82, 2.24) is 0 Å². The molecule has 0 saturated heterocycles. The number of halogens is 2. The molecule has 2 nitrogen and oxygen atoms in total. The molecule has 1 heterocycles. The van der Waals surface area contributed by atoms with Crippen LogP contribution in [0.1, 0.15) is 11.8 Å². The van der Waals surface area contributed by atoms with Crippen LogP contribution in [0.2, 0.25) is 5.22 Å². The summed E-state index contributed by atoms with van der Waals surface area (Å²) in [5, 5.41) is 0.354. The first-order chi connectivity index (χ1) is 4.74. The van der Waals surface area contributed by atoms with Gasteiger partial charge in [0.25, 0.3) is 0 Å². The van der Waals surface area contributed by atoms with Crippen LogP contribution in [-0.2, 0) is 0 Å². The Morgan fingerprint density at radius 1 is 1.64 bits per heavy atom. The van der Waals surface area contributed by atoms with Gasteiger partial charge in [-0.05, 0) is 23.7 Å². The first-order valence-corrected chi connectivity index (χ1v) is 3.25. The number of rotatable bonds is 2. The Morgan fingerprint density at radius 3 is 2.64 bits per heavy atom. The van der Waals surface area contributed by atoms with E-state index in [2.05, 4.69) is 6.58 Å². The summed E-state index contributed by atoms with van der Waals surface area (Å²) in [5.74, 6) is 0.639. The monoisotopic (exact) mass is 193 g/mol. The Hall–Kier alpha value is -0.440. The molecule has 0 unspecified atom stereocenters. The zero-order chi connectivity index (χ0) is 7.56. The lowest BCUT2D eigenvalue weighted by atomic mass is 10.2. The normalized spacial score (nSPS) is 11.8. The molecule has 1 rings (SSSR count). The van der Waals surface area contributed by atoms with Gasteiger partial charge in [-0.2, -0.15) is 0 Å². The van der Waals surface area contributed by atoms with Crippen molar-refractivity contribution in [2.75, 3.05) is 0 Å². The number of nitrogens with two attached hydrogens (primary N) is 1. The van der Waals surface area contributed by atoms with Crippen LogP contribution in [0.5, 0.6) is 0 Å². The van der Waals surface area contributed by atoms with Gasteiger partial charge >= 0.3 is 0 Å². The van der Waals surface area contributed by atoms with E-state index < -0.39 is 0 Å². The highest BCUT2D eigenvalue weighted by Gasteiger charge is 2.04. The summed E-state index contributed by atoms with van der Waals surface area (Å²) in [6, 6.07) is 3.13. The fourth-order valence-electron chi connectivity index (χ4n) is 0.624. The van der Waals surface area contributed by atoms with Crippen molar-refractivity contribution in [3.63, 3.8) is 0 Å². The molecular formula is C7H9Cl2NO. The van der Waals surface area contributed by atoms with Crippen LogP contribution < -0.4 is 5.73 Å². The molecule has 1 atom stereocenters. The molecule has 0 aliphatic heterocycles. The van der Waals surface area contributed by atoms with Gasteiger partial charge in [0.05, 0.1) is 6.04 Å². The van der Waals surface area contributed by atoms with Gasteiger partial charge in [-0.3, -0.25) is 0 Å². The fourth-order valence-corrected chi connectivity index (χ4v) is 0.776. The molecular weight excluding hydrogens is 185 g/mol. The summed E-state index contributed by atoms with van der Waals surface area (Å²) in [7, 11) is 0. The van der Waals surface area contributed by atoms with E-state index in [9.17, 15) is 0 Å². The Balaban J connectivity index is 0.000001000. The maximum atomic E-state index is 5.54. The maximum Gasteiger partial charge on any atom is 0.193 e. The molecule has 0 saturated carbocycles. The molecule has 0 aromatic carbocycles. The second kappa shape index (κ2) is 4.44. The lowest BCUT2D eigenvalue weighted by molar-refractivity contribution is 0.496. The molecule has 0 fully saturated rings. The van der Waals surface area contributed by atoms with Crippen LogP contribution in [0, 0.1) is 0 Å². The quantitative estimate of drug-likeness (QED) is 0.734. The summed E-state index contributed by atoms with van der Waals surface area (Å²) in [5.41, 5.74) is 5.54. The average molecular weight is 194 g/mol. The molecule has 2 N–H and O–H groups in total. The van der Waals surface area contributed by atoms with Crippen LogP contribution in [0.3, 0.4) is 0 Å². The van der Waals surface area contributed by atoms with Gasteiger partial charge < -0.3 is 10.2 Å². The van der Waals surface area contributed by atoms with Gasteiger partial charge in [-0.25, -0.2) is 0 Å². The van der Waals surface area contributed by atoms with E-state index in [1.54, 1.807) is 18.2 Å². The molecule has 0 radical (unpaired) electrons. The first kappa shape index (κ1) is 10.6. The smallest absolute Gasteiger partial charge is 0.193 e. The average Bonchev–Trinajstić information content (AvgIpc) is 2.34. The SMILES string of the molecule is C=C[C@H](N)c1ccc(Cl)o1.Cl. The van der Waals surface area contributed by atoms with Gasteiger partial charge in [-0.15, -0.1) is 19.0 Å². The van der Waals surface area contributed by atoms with Gasteiger partial charge in [0.1, 0.15) is 5.76 Å². The van der Waals surface area contributed by atoms with Crippen LogP contribution >= 0.6 is 24.0 Å². The number of furan rings is 1. The highest BCUT2D eigenvalue weighted by molar-refractivity contribution is 6.28. The van der Waals surface area contributed by atoms with E-state index in [-0.39, 0.29) is 18.4 Å². The Bertz CT molecular complexity index is 234. The molecule has 0 bridgehead atoms. The minimum atomic E-state index is -0.257. The van der Waals surface area contributed by atoms with Crippen LogP contribution in [-0.4, -0.2) is 0 Å². The highest BCUT2D eigenvalue weighted by atomic mass is 35.5. The lowest BCUT2D eigenvalue weighted by Crippen LogP contribution is -2.04. The van der Waals surface area contributed by atoms with Crippen molar-refractivity contribution >= 4 is 24.0 Å². The molecule has 0 amide bonds. The van der Waals surface area contributed by atoms with E-state index in [4.69, 9.17) is 21.8 Å². The topological polar surface area (TPSA) is 39.2 Å². The van der Waals surface area contributed by atoms with Crippen molar-refractivity contribution in [2.24, 2.45) is 5.73 Å². The largest absolute Gasteiger partial charge is 0.448 e. The lowest BCUT2D eigenvalue weighted by Gasteiger charge is -1.98. The first-order valence-electron chi connectivity index (χ1n) is 2.87. The molecule has 0 spiro atoms. The van der Waals surface area contributed by atoms with E-state index in [0.29, 0.717) is 11.0 Å². The third-order valence-electron chi connectivity index (χ3n) is 1.18. The summed E-state index contributed by atoms with van der Waals surface area (Å²) >= 11 is 5.50. The van der Waals surface area contributed by atoms with Crippen LogP contribution in [0.15, 0.2) is 29.2 Å². The van der Waals surface area contributed by atoms with E-state index in [1.165, 1.54) is 0 Å².